The number of hydrogen-bond acceptors (Lipinski definition) is 3. The zero-order valence-electron chi connectivity index (χ0n) is 16.6. The lowest BCUT2D eigenvalue weighted by atomic mass is 9.91. The van der Waals surface area contributed by atoms with Crippen LogP contribution in [-0.2, 0) is 9.22 Å². The van der Waals surface area contributed by atoms with Gasteiger partial charge < -0.3 is 9.53 Å². The van der Waals surface area contributed by atoms with Crippen LogP contribution >= 0.6 is 0 Å². The van der Waals surface area contributed by atoms with Gasteiger partial charge in [-0.25, -0.2) is 0 Å². The molecule has 4 heteroatoms. The van der Waals surface area contributed by atoms with Crippen LogP contribution < -0.4 is 0 Å². The molecule has 136 valence electrons. The highest BCUT2D eigenvalue weighted by atomic mass is 28.4. The number of rotatable bonds is 10. The standard InChI is InChI=1S/C19H38O3Si/c1-10-11-18(20)17(9)19(21)16(8)12-22-23(13(2)3,14(4)5)15(6)7/h10-11,13-18,20H,12H2,1-9H3/b11-10+/t16-,17-,18-/m1/s1. The minimum absolute atomic E-state index is 0.0785. The molecule has 0 saturated heterocycles. The van der Waals surface area contributed by atoms with Crippen LogP contribution in [0.15, 0.2) is 12.2 Å². The monoisotopic (exact) mass is 342 g/mol. The average molecular weight is 343 g/mol. The van der Waals surface area contributed by atoms with E-state index in [1.165, 1.54) is 0 Å². The van der Waals surface area contributed by atoms with Crippen LogP contribution in [0.1, 0.15) is 62.3 Å². The second kappa shape index (κ2) is 9.75. The van der Waals surface area contributed by atoms with Crippen molar-refractivity contribution >= 4 is 14.1 Å². The molecule has 0 aliphatic heterocycles. The zero-order chi connectivity index (χ0) is 18.4. The average Bonchev–Trinajstić information content (AvgIpc) is 2.45. The van der Waals surface area contributed by atoms with Crippen molar-refractivity contribution in [2.45, 2.75) is 85.0 Å². The Labute approximate surface area is 144 Å². The molecular weight excluding hydrogens is 304 g/mol. The molecule has 0 aromatic rings. The maximum absolute atomic E-state index is 12.5. The van der Waals surface area contributed by atoms with Gasteiger partial charge in [0.1, 0.15) is 5.78 Å². The van der Waals surface area contributed by atoms with Gasteiger partial charge in [0.05, 0.1) is 6.10 Å². The first-order valence-corrected chi connectivity index (χ1v) is 11.1. The molecule has 0 bridgehead atoms. The van der Waals surface area contributed by atoms with Gasteiger partial charge in [0, 0.05) is 18.4 Å². The van der Waals surface area contributed by atoms with Gasteiger partial charge in [-0.3, -0.25) is 4.79 Å². The lowest BCUT2D eigenvalue weighted by Crippen LogP contribution is -2.49. The number of ketones is 1. The van der Waals surface area contributed by atoms with Gasteiger partial charge in [-0.1, -0.05) is 67.5 Å². The summed E-state index contributed by atoms with van der Waals surface area (Å²) in [7, 11) is -1.94. The topological polar surface area (TPSA) is 46.5 Å². The highest BCUT2D eigenvalue weighted by Crippen LogP contribution is 2.42. The minimum atomic E-state index is -1.94. The number of aliphatic hydroxyl groups excluding tert-OH is 1. The quantitative estimate of drug-likeness (QED) is 0.451. The molecule has 0 rings (SSSR count). The summed E-state index contributed by atoms with van der Waals surface area (Å²) in [5.41, 5.74) is 1.53. The van der Waals surface area contributed by atoms with Crippen LogP contribution in [0.5, 0.6) is 0 Å². The Hall–Kier alpha value is -0.453. The number of carbonyl (C=O) groups excluding carboxylic acids is 1. The van der Waals surface area contributed by atoms with E-state index in [1.54, 1.807) is 19.1 Å². The highest BCUT2D eigenvalue weighted by molar-refractivity contribution is 6.77. The number of hydrogen-bond donors (Lipinski definition) is 1. The van der Waals surface area contributed by atoms with Crippen molar-refractivity contribution < 1.29 is 14.3 Å². The summed E-state index contributed by atoms with van der Waals surface area (Å²) in [6.45, 7) is 19.5. The third kappa shape index (κ3) is 5.54. The van der Waals surface area contributed by atoms with Crippen LogP contribution in [0.2, 0.25) is 16.6 Å². The third-order valence-corrected chi connectivity index (χ3v) is 11.2. The van der Waals surface area contributed by atoms with Crippen molar-refractivity contribution in [2.24, 2.45) is 11.8 Å². The Morgan fingerprint density at radius 1 is 1.00 bits per heavy atom. The maximum atomic E-state index is 12.5. The largest absolute Gasteiger partial charge is 0.415 e. The molecular formula is C19H38O3Si. The van der Waals surface area contributed by atoms with Gasteiger partial charge in [0.15, 0.2) is 8.32 Å². The normalized spacial score (nSPS) is 17.3. The predicted octanol–water partition coefficient (Wildman–Crippen LogP) is 4.96. The molecule has 0 aromatic carbocycles. The molecule has 0 radical (unpaired) electrons. The van der Waals surface area contributed by atoms with Gasteiger partial charge in [-0.2, -0.15) is 0 Å². The molecule has 0 aliphatic carbocycles. The van der Waals surface area contributed by atoms with Crippen molar-refractivity contribution in [1.82, 2.24) is 0 Å². The van der Waals surface area contributed by atoms with Crippen molar-refractivity contribution in [3.05, 3.63) is 12.2 Å². The second-order valence-corrected chi connectivity index (χ2v) is 13.2. The molecule has 0 spiro atoms. The Bertz CT molecular complexity index is 366. The van der Waals surface area contributed by atoms with Crippen molar-refractivity contribution in [1.29, 1.82) is 0 Å². The van der Waals surface area contributed by atoms with E-state index >= 15 is 0 Å². The third-order valence-electron chi connectivity index (χ3n) is 5.13. The molecule has 3 nitrogen and oxygen atoms in total. The summed E-state index contributed by atoms with van der Waals surface area (Å²) in [4.78, 5) is 12.5. The zero-order valence-corrected chi connectivity index (χ0v) is 17.6. The number of carbonyl (C=O) groups is 1. The van der Waals surface area contributed by atoms with Gasteiger partial charge in [0.2, 0.25) is 0 Å². The van der Waals surface area contributed by atoms with Crippen LogP contribution in [0.25, 0.3) is 0 Å². The minimum Gasteiger partial charge on any atom is -0.415 e. The van der Waals surface area contributed by atoms with E-state index in [2.05, 4.69) is 41.5 Å². The molecule has 0 unspecified atom stereocenters. The van der Waals surface area contributed by atoms with Crippen molar-refractivity contribution in [3.63, 3.8) is 0 Å². The SMILES string of the molecule is C/C=C/[C@@H](O)[C@@H](C)C(=O)[C@H](C)CO[Si](C(C)C)(C(C)C)C(C)C. The highest BCUT2D eigenvalue weighted by Gasteiger charge is 2.45. The van der Waals surface area contributed by atoms with Gasteiger partial charge in [-0.05, 0) is 23.5 Å². The first-order valence-electron chi connectivity index (χ1n) is 9.00. The summed E-state index contributed by atoms with van der Waals surface area (Å²) >= 11 is 0. The molecule has 3 atom stereocenters. The van der Waals surface area contributed by atoms with E-state index in [1.807, 2.05) is 13.8 Å². The van der Waals surface area contributed by atoms with Gasteiger partial charge in [0.25, 0.3) is 0 Å². The molecule has 0 amide bonds. The van der Waals surface area contributed by atoms with Crippen molar-refractivity contribution in [2.75, 3.05) is 6.61 Å². The Balaban J connectivity index is 5.01. The van der Waals surface area contributed by atoms with Crippen LogP contribution in [0.4, 0.5) is 0 Å². The summed E-state index contributed by atoms with van der Waals surface area (Å²) in [5, 5.41) is 9.99. The number of allylic oxidation sites excluding steroid dienone is 1. The van der Waals surface area contributed by atoms with E-state index in [0.717, 1.165) is 0 Å². The maximum Gasteiger partial charge on any atom is 0.200 e. The molecule has 0 heterocycles. The fourth-order valence-corrected chi connectivity index (χ4v) is 9.37. The molecule has 0 fully saturated rings. The van der Waals surface area contributed by atoms with Crippen LogP contribution in [0, 0.1) is 11.8 Å². The molecule has 0 aliphatic rings. The first-order chi connectivity index (χ1) is 10.5. The van der Waals surface area contributed by atoms with Crippen LogP contribution in [-0.4, -0.2) is 31.9 Å². The smallest absolute Gasteiger partial charge is 0.200 e. The fraction of sp³-hybridized carbons (Fsp3) is 0.842. The van der Waals surface area contributed by atoms with E-state index in [4.69, 9.17) is 4.43 Å². The van der Waals surface area contributed by atoms with Gasteiger partial charge >= 0.3 is 0 Å². The van der Waals surface area contributed by atoms with Gasteiger partial charge in [-0.15, -0.1) is 0 Å². The summed E-state index contributed by atoms with van der Waals surface area (Å²) in [6, 6.07) is 0. The van der Waals surface area contributed by atoms with Crippen LogP contribution in [0.3, 0.4) is 0 Å². The number of Topliss-reactive ketones (excluding diaryl/α,β-unsaturated/α-hetero) is 1. The summed E-state index contributed by atoms with van der Waals surface area (Å²) < 4.78 is 6.51. The molecule has 1 N–H and O–H groups in total. The molecule has 0 saturated carbocycles. The second-order valence-electron chi connectivity index (χ2n) is 7.74. The summed E-state index contributed by atoms with van der Waals surface area (Å²) in [6.07, 6.45) is 2.74. The Morgan fingerprint density at radius 2 is 1.43 bits per heavy atom. The van der Waals surface area contributed by atoms with E-state index in [0.29, 0.717) is 23.2 Å². The Morgan fingerprint density at radius 3 is 1.78 bits per heavy atom. The lowest BCUT2D eigenvalue weighted by Gasteiger charge is -2.42. The first kappa shape index (κ1) is 22.5. The van der Waals surface area contributed by atoms with E-state index < -0.39 is 20.3 Å². The Kier molecular flexibility index (Phi) is 9.56. The van der Waals surface area contributed by atoms with E-state index in [-0.39, 0.29) is 11.7 Å². The number of aliphatic hydroxyl groups is 1. The fourth-order valence-electron chi connectivity index (χ4n) is 3.83. The lowest BCUT2D eigenvalue weighted by molar-refractivity contribution is -0.129. The predicted molar refractivity (Wildman–Crippen MR) is 101 cm³/mol. The summed E-state index contributed by atoms with van der Waals surface area (Å²) in [5.74, 6) is -0.499. The molecule has 23 heavy (non-hydrogen) atoms. The van der Waals surface area contributed by atoms with E-state index in [9.17, 15) is 9.90 Å². The van der Waals surface area contributed by atoms with Crippen molar-refractivity contribution in [3.8, 4) is 0 Å². The molecule has 0 aromatic heterocycles.